The molecule has 0 aliphatic carbocycles. The molecule has 3 nitrogen and oxygen atoms in total. The predicted molar refractivity (Wildman–Crippen MR) is 82.7 cm³/mol. The fraction of sp³-hybridized carbons (Fsp3) is 0.667. The molecular formula is C15H26N2OS. The summed E-state index contributed by atoms with van der Waals surface area (Å²) < 4.78 is 0. The van der Waals surface area contributed by atoms with E-state index < -0.39 is 0 Å². The molecule has 1 atom stereocenters. The molecule has 0 aliphatic rings. The van der Waals surface area contributed by atoms with Crippen molar-refractivity contribution in [2.24, 2.45) is 0 Å². The van der Waals surface area contributed by atoms with Gasteiger partial charge in [0.05, 0.1) is 6.54 Å². The molecule has 2 amide bonds. The average molecular weight is 282 g/mol. The van der Waals surface area contributed by atoms with E-state index in [1.165, 1.54) is 29.0 Å². The maximum Gasteiger partial charge on any atom is 0.315 e. The van der Waals surface area contributed by atoms with Gasteiger partial charge in [0.2, 0.25) is 0 Å². The lowest BCUT2D eigenvalue weighted by Crippen LogP contribution is -2.40. The molecule has 1 heterocycles. The Morgan fingerprint density at radius 3 is 2.63 bits per heavy atom. The van der Waals surface area contributed by atoms with Gasteiger partial charge in [-0.25, -0.2) is 4.79 Å². The zero-order valence-electron chi connectivity index (χ0n) is 12.3. The van der Waals surface area contributed by atoms with Crippen LogP contribution in [-0.2, 0) is 13.0 Å². The maximum absolute atomic E-state index is 11.7. The van der Waals surface area contributed by atoms with E-state index >= 15 is 0 Å². The Kier molecular flexibility index (Phi) is 7.56. The summed E-state index contributed by atoms with van der Waals surface area (Å²) in [6, 6.07) is 4.41. The molecule has 108 valence electrons. The number of rotatable bonds is 8. The Labute approximate surface area is 120 Å². The minimum Gasteiger partial charge on any atom is -0.336 e. The van der Waals surface area contributed by atoms with Gasteiger partial charge in [0, 0.05) is 15.8 Å². The number of thiophene rings is 1. The van der Waals surface area contributed by atoms with Crippen molar-refractivity contribution >= 4 is 17.4 Å². The molecule has 0 aromatic carbocycles. The van der Waals surface area contributed by atoms with E-state index in [-0.39, 0.29) is 12.1 Å². The summed E-state index contributed by atoms with van der Waals surface area (Å²) in [4.78, 5) is 14.3. The minimum absolute atomic E-state index is 0.0598. The van der Waals surface area contributed by atoms with Gasteiger partial charge in [-0.3, -0.25) is 0 Å². The average Bonchev–Trinajstić information content (AvgIpc) is 2.84. The molecule has 1 unspecified atom stereocenters. The first-order valence-electron chi connectivity index (χ1n) is 7.27. The van der Waals surface area contributed by atoms with Crippen LogP contribution >= 0.6 is 11.3 Å². The van der Waals surface area contributed by atoms with Crippen molar-refractivity contribution in [1.29, 1.82) is 0 Å². The molecule has 0 spiro atoms. The van der Waals surface area contributed by atoms with Crippen molar-refractivity contribution < 1.29 is 4.79 Å². The topological polar surface area (TPSA) is 41.1 Å². The third kappa shape index (κ3) is 6.62. The highest BCUT2D eigenvalue weighted by atomic mass is 32.1. The molecule has 2 N–H and O–H groups in total. The van der Waals surface area contributed by atoms with E-state index in [2.05, 4.69) is 43.5 Å². The minimum atomic E-state index is -0.0598. The number of aryl methyl sites for hydroxylation is 1. The van der Waals surface area contributed by atoms with Crippen LogP contribution in [-0.4, -0.2) is 12.1 Å². The molecule has 19 heavy (non-hydrogen) atoms. The Morgan fingerprint density at radius 1 is 1.26 bits per heavy atom. The van der Waals surface area contributed by atoms with Crippen LogP contribution in [0.3, 0.4) is 0 Å². The number of carbonyl (C=O) groups is 1. The zero-order chi connectivity index (χ0) is 14.1. The number of carbonyl (C=O) groups excluding carboxylic acids is 1. The van der Waals surface area contributed by atoms with Gasteiger partial charge in [-0.2, -0.15) is 0 Å². The second kappa shape index (κ2) is 8.97. The smallest absolute Gasteiger partial charge is 0.315 e. The van der Waals surface area contributed by atoms with E-state index in [9.17, 15) is 4.79 Å². The largest absolute Gasteiger partial charge is 0.336 e. The molecule has 1 aromatic rings. The zero-order valence-corrected chi connectivity index (χ0v) is 13.1. The summed E-state index contributed by atoms with van der Waals surface area (Å²) in [6.07, 6.45) is 5.76. The van der Waals surface area contributed by atoms with Gasteiger partial charge in [0.1, 0.15) is 0 Å². The number of amides is 2. The molecule has 0 fully saturated rings. The van der Waals surface area contributed by atoms with Crippen LogP contribution in [0.4, 0.5) is 4.79 Å². The van der Waals surface area contributed by atoms with E-state index in [1.54, 1.807) is 11.3 Å². The van der Waals surface area contributed by atoms with Gasteiger partial charge in [-0.05, 0) is 31.9 Å². The van der Waals surface area contributed by atoms with Crippen LogP contribution in [0.15, 0.2) is 12.1 Å². The molecule has 0 saturated carbocycles. The van der Waals surface area contributed by atoms with Gasteiger partial charge < -0.3 is 10.6 Å². The van der Waals surface area contributed by atoms with Crippen molar-refractivity contribution in [3.05, 3.63) is 21.9 Å². The van der Waals surface area contributed by atoms with Crippen LogP contribution in [0, 0.1) is 0 Å². The Balaban J connectivity index is 2.20. The molecular weight excluding hydrogens is 256 g/mol. The molecule has 0 bridgehead atoms. The predicted octanol–water partition coefficient (Wildman–Crippen LogP) is 4.08. The molecule has 4 heteroatoms. The number of urea groups is 1. The summed E-state index contributed by atoms with van der Waals surface area (Å²) in [5.41, 5.74) is 0. The molecule has 0 saturated heterocycles. The summed E-state index contributed by atoms with van der Waals surface area (Å²) >= 11 is 1.77. The standard InChI is InChI=1S/C15H26N2OS/c1-4-6-7-8-12(3)17-15(18)16-11-14-10-9-13(5-2)19-14/h9-10,12H,4-8,11H2,1-3H3,(H2,16,17,18). The van der Waals surface area contributed by atoms with Gasteiger partial charge in [-0.1, -0.05) is 33.1 Å². The fourth-order valence-electron chi connectivity index (χ4n) is 1.92. The van der Waals surface area contributed by atoms with Crippen LogP contribution in [0.5, 0.6) is 0 Å². The van der Waals surface area contributed by atoms with Crippen molar-refractivity contribution in [3.8, 4) is 0 Å². The first-order valence-corrected chi connectivity index (χ1v) is 8.09. The molecule has 0 aliphatic heterocycles. The van der Waals surface area contributed by atoms with Crippen molar-refractivity contribution in [3.63, 3.8) is 0 Å². The van der Waals surface area contributed by atoms with Crippen LogP contribution in [0.2, 0.25) is 0 Å². The lowest BCUT2D eigenvalue weighted by atomic mass is 10.1. The van der Waals surface area contributed by atoms with Gasteiger partial charge in [0.25, 0.3) is 0 Å². The van der Waals surface area contributed by atoms with Crippen LogP contribution < -0.4 is 10.6 Å². The number of hydrogen-bond donors (Lipinski definition) is 2. The Morgan fingerprint density at radius 2 is 2.00 bits per heavy atom. The van der Waals surface area contributed by atoms with Gasteiger partial charge in [-0.15, -0.1) is 11.3 Å². The summed E-state index contributed by atoms with van der Waals surface area (Å²) in [6.45, 7) is 7.03. The SMILES string of the molecule is CCCCCC(C)NC(=O)NCc1ccc(CC)s1. The Hall–Kier alpha value is -1.03. The number of nitrogens with one attached hydrogen (secondary N) is 2. The highest BCUT2D eigenvalue weighted by Gasteiger charge is 2.07. The van der Waals surface area contributed by atoms with Crippen molar-refractivity contribution in [2.45, 2.75) is 65.5 Å². The quantitative estimate of drug-likeness (QED) is 0.693. The highest BCUT2D eigenvalue weighted by Crippen LogP contribution is 2.16. The third-order valence-corrected chi connectivity index (χ3v) is 4.34. The molecule has 1 aromatic heterocycles. The van der Waals surface area contributed by atoms with Crippen LogP contribution in [0.1, 0.15) is 56.2 Å². The lowest BCUT2D eigenvalue weighted by molar-refractivity contribution is 0.236. The van der Waals surface area contributed by atoms with Crippen molar-refractivity contribution in [2.75, 3.05) is 0 Å². The summed E-state index contributed by atoms with van der Waals surface area (Å²) in [5, 5.41) is 5.90. The number of hydrogen-bond acceptors (Lipinski definition) is 2. The number of unbranched alkanes of at least 4 members (excludes halogenated alkanes) is 2. The van der Waals surface area contributed by atoms with Gasteiger partial charge in [0.15, 0.2) is 0 Å². The van der Waals surface area contributed by atoms with E-state index in [0.717, 1.165) is 12.8 Å². The first-order chi connectivity index (χ1) is 9.15. The first kappa shape index (κ1) is 16.0. The molecule has 0 radical (unpaired) electrons. The summed E-state index contributed by atoms with van der Waals surface area (Å²) in [7, 11) is 0. The molecule has 1 rings (SSSR count). The van der Waals surface area contributed by atoms with Gasteiger partial charge >= 0.3 is 6.03 Å². The van der Waals surface area contributed by atoms with E-state index in [0.29, 0.717) is 6.54 Å². The van der Waals surface area contributed by atoms with Crippen molar-refractivity contribution in [1.82, 2.24) is 10.6 Å². The maximum atomic E-state index is 11.7. The normalized spacial score (nSPS) is 12.2. The summed E-state index contributed by atoms with van der Waals surface area (Å²) in [5.74, 6) is 0. The van der Waals surface area contributed by atoms with E-state index in [1.807, 2.05) is 0 Å². The second-order valence-corrected chi connectivity index (χ2v) is 6.20. The van der Waals surface area contributed by atoms with E-state index in [4.69, 9.17) is 0 Å². The fourth-order valence-corrected chi connectivity index (χ4v) is 2.82. The monoisotopic (exact) mass is 282 g/mol. The third-order valence-electron chi connectivity index (χ3n) is 3.11. The lowest BCUT2D eigenvalue weighted by Gasteiger charge is -2.14. The van der Waals surface area contributed by atoms with Crippen LogP contribution in [0.25, 0.3) is 0 Å². The Bertz CT molecular complexity index is 376. The second-order valence-electron chi connectivity index (χ2n) is 4.95. The highest BCUT2D eigenvalue weighted by molar-refractivity contribution is 7.11.